The molecule has 5 heteroatoms. The van der Waals surface area contributed by atoms with Crippen LogP contribution in [0.1, 0.15) is 32.1 Å². The Balaban J connectivity index is 1.83. The highest BCUT2D eigenvalue weighted by Gasteiger charge is 2.35. The molecule has 2 aliphatic rings. The van der Waals surface area contributed by atoms with Crippen LogP contribution in [0, 0.1) is 5.92 Å². The SMILES string of the molecule is FC(F)(F)CCN1CCCC1C1CCNCC1. The third-order valence-corrected chi connectivity index (χ3v) is 4.02. The molecule has 1 N–H and O–H groups in total. The molecule has 0 aromatic carbocycles. The van der Waals surface area contributed by atoms with E-state index in [1.165, 1.54) is 0 Å². The zero-order valence-corrected chi connectivity index (χ0v) is 10.1. The maximum absolute atomic E-state index is 12.2. The molecule has 0 aromatic rings. The summed E-state index contributed by atoms with van der Waals surface area (Å²) < 4.78 is 36.7. The maximum Gasteiger partial charge on any atom is 0.390 e. The number of rotatable bonds is 3. The minimum atomic E-state index is -4.01. The van der Waals surface area contributed by atoms with E-state index in [9.17, 15) is 13.2 Å². The van der Waals surface area contributed by atoms with Crippen molar-refractivity contribution in [1.29, 1.82) is 0 Å². The van der Waals surface area contributed by atoms with Gasteiger partial charge in [-0.2, -0.15) is 13.2 Å². The van der Waals surface area contributed by atoms with Crippen molar-refractivity contribution >= 4 is 0 Å². The third kappa shape index (κ3) is 3.85. The molecule has 0 radical (unpaired) electrons. The molecule has 2 rings (SSSR count). The number of piperidine rings is 1. The molecule has 0 saturated carbocycles. The number of nitrogens with one attached hydrogen (secondary N) is 1. The van der Waals surface area contributed by atoms with Gasteiger partial charge in [0.1, 0.15) is 0 Å². The Morgan fingerprint density at radius 1 is 1.12 bits per heavy atom. The summed E-state index contributed by atoms with van der Waals surface area (Å²) in [6.07, 6.45) is -0.287. The van der Waals surface area contributed by atoms with Gasteiger partial charge in [0.25, 0.3) is 0 Å². The van der Waals surface area contributed by atoms with Gasteiger partial charge in [-0.3, -0.25) is 4.90 Å². The van der Waals surface area contributed by atoms with Crippen LogP contribution in [0.15, 0.2) is 0 Å². The van der Waals surface area contributed by atoms with Crippen LogP contribution in [-0.2, 0) is 0 Å². The lowest BCUT2D eigenvalue weighted by Gasteiger charge is -2.34. The fourth-order valence-corrected chi connectivity index (χ4v) is 3.16. The molecule has 1 atom stereocenters. The van der Waals surface area contributed by atoms with Crippen LogP contribution < -0.4 is 5.32 Å². The smallest absolute Gasteiger partial charge is 0.317 e. The molecule has 2 fully saturated rings. The zero-order valence-electron chi connectivity index (χ0n) is 10.1. The predicted molar refractivity (Wildman–Crippen MR) is 60.9 cm³/mol. The second-order valence-electron chi connectivity index (χ2n) is 5.20. The van der Waals surface area contributed by atoms with E-state index in [-0.39, 0.29) is 6.54 Å². The summed E-state index contributed by atoms with van der Waals surface area (Å²) in [7, 11) is 0. The van der Waals surface area contributed by atoms with Gasteiger partial charge >= 0.3 is 6.18 Å². The molecule has 0 amide bonds. The van der Waals surface area contributed by atoms with E-state index in [1.807, 2.05) is 0 Å². The van der Waals surface area contributed by atoms with Crippen molar-refractivity contribution in [2.24, 2.45) is 5.92 Å². The van der Waals surface area contributed by atoms with E-state index in [1.54, 1.807) is 0 Å². The fraction of sp³-hybridized carbons (Fsp3) is 1.00. The summed E-state index contributed by atoms with van der Waals surface area (Å²) in [6, 6.07) is 0.402. The molecule has 17 heavy (non-hydrogen) atoms. The summed E-state index contributed by atoms with van der Waals surface area (Å²) >= 11 is 0. The zero-order chi connectivity index (χ0) is 12.3. The summed E-state index contributed by atoms with van der Waals surface area (Å²) in [6.45, 7) is 3.09. The van der Waals surface area contributed by atoms with E-state index in [4.69, 9.17) is 0 Å². The van der Waals surface area contributed by atoms with Crippen LogP contribution in [0.5, 0.6) is 0 Å². The summed E-state index contributed by atoms with van der Waals surface area (Å²) in [5.74, 6) is 0.604. The molecule has 1 unspecified atom stereocenters. The molecule has 2 heterocycles. The number of alkyl halides is 3. The Kier molecular flexibility index (Phi) is 4.31. The predicted octanol–water partition coefficient (Wildman–Crippen LogP) is 2.40. The lowest BCUT2D eigenvalue weighted by Crippen LogP contribution is -2.42. The van der Waals surface area contributed by atoms with Gasteiger partial charge in [-0.25, -0.2) is 0 Å². The van der Waals surface area contributed by atoms with Crippen molar-refractivity contribution in [2.45, 2.75) is 44.3 Å². The number of halogens is 3. The van der Waals surface area contributed by atoms with Crippen LogP contribution in [0.25, 0.3) is 0 Å². The average Bonchev–Trinajstić information content (AvgIpc) is 2.75. The van der Waals surface area contributed by atoms with Gasteiger partial charge in [0, 0.05) is 12.6 Å². The summed E-state index contributed by atoms with van der Waals surface area (Å²) in [4.78, 5) is 2.07. The molecule has 100 valence electrons. The Morgan fingerprint density at radius 3 is 2.47 bits per heavy atom. The van der Waals surface area contributed by atoms with Gasteiger partial charge in [-0.15, -0.1) is 0 Å². The van der Waals surface area contributed by atoms with Crippen molar-refractivity contribution in [3.63, 3.8) is 0 Å². The molecular weight excluding hydrogens is 229 g/mol. The highest BCUT2D eigenvalue weighted by Crippen LogP contribution is 2.31. The Hall–Kier alpha value is -0.290. The Labute approximate surface area is 101 Å². The van der Waals surface area contributed by atoms with E-state index >= 15 is 0 Å². The first-order valence-corrected chi connectivity index (χ1v) is 6.58. The first-order chi connectivity index (χ1) is 8.06. The normalized spacial score (nSPS) is 28.8. The van der Waals surface area contributed by atoms with Crippen molar-refractivity contribution in [1.82, 2.24) is 10.2 Å². The van der Waals surface area contributed by atoms with Crippen molar-refractivity contribution in [3.8, 4) is 0 Å². The monoisotopic (exact) mass is 250 g/mol. The van der Waals surface area contributed by atoms with Crippen molar-refractivity contribution in [2.75, 3.05) is 26.2 Å². The van der Waals surface area contributed by atoms with Crippen molar-refractivity contribution < 1.29 is 13.2 Å². The second-order valence-corrected chi connectivity index (χ2v) is 5.20. The Morgan fingerprint density at radius 2 is 1.82 bits per heavy atom. The lowest BCUT2D eigenvalue weighted by atomic mass is 9.88. The average molecular weight is 250 g/mol. The lowest BCUT2D eigenvalue weighted by molar-refractivity contribution is -0.138. The van der Waals surface area contributed by atoms with Crippen LogP contribution in [0.4, 0.5) is 13.2 Å². The molecule has 0 bridgehead atoms. The highest BCUT2D eigenvalue weighted by atomic mass is 19.4. The fourth-order valence-electron chi connectivity index (χ4n) is 3.16. The molecule has 0 spiro atoms. The standard InChI is InChI=1S/C12H21F3N2/c13-12(14,15)5-9-17-8-1-2-11(17)10-3-6-16-7-4-10/h10-11,16H,1-9H2. The summed E-state index contributed by atoms with van der Waals surface area (Å²) in [5, 5.41) is 3.31. The highest BCUT2D eigenvalue weighted by molar-refractivity contribution is 4.87. The van der Waals surface area contributed by atoms with Gasteiger partial charge in [-0.1, -0.05) is 0 Å². The van der Waals surface area contributed by atoms with Gasteiger partial charge in [0.05, 0.1) is 6.42 Å². The van der Waals surface area contributed by atoms with Crippen LogP contribution in [-0.4, -0.2) is 43.3 Å². The van der Waals surface area contributed by atoms with Gasteiger partial charge in [-0.05, 0) is 51.2 Å². The topological polar surface area (TPSA) is 15.3 Å². The first kappa shape index (κ1) is 13.1. The minimum absolute atomic E-state index is 0.193. The molecular formula is C12H21F3N2. The molecule has 0 aliphatic carbocycles. The Bertz CT molecular complexity index is 236. The molecule has 2 nitrogen and oxygen atoms in total. The number of hydrogen-bond donors (Lipinski definition) is 1. The molecule has 0 aromatic heterocycles. The largest absolute Gasteiger partial charge is 0.390 e. The van der Waals surface area contributed by atoms with Crippen molar-refractivity contribution in [3.05, 3.63) is 0 Å². The summed E-state index contributed by atoms with van der Waals surface area (Å²) in [5.41, 5.74) is 0. The van der Waals surface area contributed by atoms with E-state index in [0.717, 1.165) is 45.3 Å². The van der Waals surface area contributed by atoms with Crippen LogP contribution in [0.2, 0.25) is 0 Å². The van der Waals surface area contributed by atoms with Crippen LogP contribution in [0.3, 0.4) is 0 Å². The quantitative estimate of drug-likeness (QED) is 0.827. The van der Waals surface area contributed by atoms with E-state index in [2.05, 4.69) is 10.2 Å². The maximum atomic E-state index is 12.2. The third-order valence-electron chi connectivity index (χ3n) is 4.02. The molecule has 2 aliphatic heterocycles. The van der Waals surface area contributed by atoms with E-state index < -0.39 is 12.6 Å². The second kappa shape index (κ2) is 5.57. The van der Waals surface area contributed by atoms with Gasteiger partial charge < -0.3 is 5.32 Å². The number of hydrogen-bond acceptors (Lipinski definition) is 2. The first-order valence-electron chi connectivity index (χ1n) is 6.58. The molecule has 2 saturated heterocycles. The van der Waals surface area contributed by atoms with Crippen LogP contribution >= 0.6 is 0 Å². The van der Waals surface area contributed by atoms with E-state index in [0.29, 0.717) is 12.0 Å². The number of likely N-dealkylation sites (tertiary alicyclic amines) is 1. The number of nitrogens with zero attached hydrogens (tertiary/aromatic N) is 1. The van der Waals surface area contributed by atoms with Gasteiger partial charge in [0.15, 0.2) is 0 Å². The minimum Gasteiger partial charge on any atom is -0.317 e. The van der Waals surface area contributed by atoms with Gasteiger partial charge in [0.2, 0.25) is 0 Å².